The molecule has 1 aliphatic rings. The zero-order valence-electron chi connectivity index (χ0n) is 15.1. The fraction of sp³-hybridized carbons (Fsp3) is 0.250. The number of nitrogens with zero attached hydrogens (tertiary/aromatic N) is 4. The second-order valence-corrected chi connectivity index (χ2v) is 6.43. The zero-order valence-corrected chi connectivity index (χ0v) is 15.1. The van der Waals surface area contributed by atoms with Gasteiger partial charge >= 0.3 is 0 Å². The van der Waals surface area contributed by atoms with E-state index in [1.165, 1.54) is 6.33 Å². The van der Waals surface area contributed by atoms with Crippen molar-refractivity contribution < 1.29 is 9.53 Å². The molecular formula is C20H21N5O2. The second-order valence-electron chi connectivity index (χ2n) is 6.43. The van der Waals surface area contributed by atoms with Crippen molar-refractivity contribution in [3.05, 3.63) is 54.5 Å². The first-order valence-electron chi connectivity index (χ1n) is 8.84. The molecule has 2 aromatic carbocycles. The van der Waals surface area contributed by atoms with Crippen molar-refractivity contribution in [1.29, 1.82) is 0 Å². The number of piperazine rings is 1. The third-order valence-corrected chi connectivity index (χ3v) is 4.96. The van der Waals surface area contributed by atoms with Crippen LogP contribution < -0.4 is 20.3 Å². The number of carbonyl (C=O) groups is 1. The van der Waals surface area contributed by atoms with E-state index in [1.807, 2.05) is 24.3 Å². The highest BCUT2D eigenvalue weighted by molar-refractivity contribution is 6.07. The predicted molar refractivity (Wildman–Crippen MR) is 105 cm³/mol. The molecule has 1 aliphatic heterocycles. The van der Waals surface area contributed by atoms with Gasteiger partial charge in [0.2, 0.25) is 0 Å². The summed E-state index contributed by atoms with van der Waals surface area (Å²) in [5, 5.41) is 0.847. The molecule has 0 atom stereocenters. The van der Waals surface area contributed by atoms with Crippen molar-refractivity contribution in [2.45, 2.75) is 0 Å². The van der Waals surface area contributed by atoms with Gasteiger partial charge in [0.25, 0.3) is 5.91 Å². The number of aromatic nitrogens is 2. The lowest BCUT2D eigenvalue weighted by Crippen LogP contribution is -2.46. The van der Waals surface area contributed by atoms with Gasteiger partial charge in [-0.05, 0) is 24.3 Å². The van der Waals surface area contributed by atoms with E-state index in [1.54, 1.807) is 19.4 Å². The molecule has 0 unspecified atom stereocenters. The summed E-state index contributed by atoms with van der Waals surface area (Å²) in [6.45, 7) is 3.43. The second kappa shape index (κ2) is 7.11. The molecule has 0 saturated carbocycles. The molecule has 7 nitrogen and oxygen atoms in total. The van der Waals surface area contributed by atoms with Crippen LogP contribution in [0.4, 0.5) is 11.4 Å². The Morgan fingerprint density at radius 1 is 1.04 bits per heavy atom. The highest BCUT2D eigenvalue weighted by Crippen LogP contribution is 2.31. The fourth-order valence-corrected chi connectivity index (χ4v) is 3.62. The Labute approximate surface area is 157 Å². The van der Waals surface area contributed by atoms with E-state index in [0.717, 1.165) is 48.7 Å². The van der Waals surface area contributed by atoms with E-state index in [-0.39, 0.29) is 0 Å². The van der Waals surface area contributed by atoms with Gasteiger partial charge in [0.1, 0.15) is 12.1 Å². The predicted octanol–water partition coefficient (Wildman–Crippen LogP) is 2.06. The molecular weight excluding hydrogens is 342 g/mol. The van der Waals surface area contributed by atoms with Crippen LogP contribution in [0.3, 0.4) is 0 Å². The van der Waals surface area contributed by atoms with Gasteiger partial charge in [-0.25, -0.2) is 9.97 Å². The van der Waals surface area contributed by atoms with Crippen LogP contribution in [-0.2, 0) is 0 Å². The molecule has 4 rings (SSSR count). The molecule has 0 aliphatic carbocycles. The van der Waals surface area contributed by atoms with E-state index >= 15 is 0 Å². The van der Waals surface area contributed by atoms with Gasteiger partial charge in [0.05, 0.1) is 23.9 Å². The summed E-state index contributed by atoms with van der Waals surface area (Å²) in [6.07, 6.45) is 3.19. The van der Waals surface area contributed by atoms with Crippen LogP contribution in [0, 0.1) is 0 Å². The van der Waals surface area contributed by atoms with Crippen molar-refractivity contribution in [2.75, 3.05) is 43.1 Å². The highest BCUT2D eigenvalue weighted by atomic mass is 16.5. The maximum absolute atomic E-state index is 11.7. The van der Waals surface area contributed by atoms with Crippen LogP contribution in [0.1, 0.15) is 10.4 Å². The van der Waals surface area contributed by atoms with Crippen molar-refractivity contribution in [2.24, 2.45) is 5.73 Å². The van der Waals surface area contributed by atoms with Crippen LogP contribution in [-0.4, -0.2) is 49.2 Å². The SMILES string of the molecule is COc1ccccc1N1CCN(c2ccc(C(N)=O)c3ncncc23)CC1. The Bertz CT molecular complexity index is 983. The molecule has 2 heterocycles. The monoisotopic (exact) mass is 363 g/mol. The fourth-order valence-electron chi connectivity index (χ4n) is 3.62. The number of anilines is 2. The lowest BCUT2D eigenvalue weighted by molar-refractivity contribution is 0.100. The van der Waals surface area contributed by atoms with Crippen LogP contribution in [0.5, 0.6) is 5.75 Å². The molecule has 2 N–H and O–H groups in total. The number of nitrogens with two attached hydrogens (primary N) is 1. The molecule has 0 bridgehead atoms. The molecule has 1 aromatic heterocycles. The lowest BCUT2D eigenvalue weighted by Gasteiger charge is -2.38. The van der Waals surface area contributed by atoms with Gasteiger partial charge in [-0.2, -0.15) is 0 Å². The first-order chi connectivity index (χ1) is 13.2. The molecule has 1 amide bonds. The summed E-state index contributed by atoms with van der Waals surface area (Å²) in [6, 6.07) is 11.8. The van der Waals surface area contributed by atoms with Gasteiger partial charge in [0, 0.05) is 43.4 Å². The van der Waals surface area contributed by atoms with E-state index in [9.17, 15) is 4.79 Å². The number of amides is 1. The average molecular weight is 363 g/mol. The van der Waals surface area contributed by atoms with E-state index in [4.69, 9.17) is 10.5 Å². The topological polar surface area (TPSA) is 84.6 Å². The standard InChI is InChI=1S/C20H21N5O2/c1-27-18-5-3-2-4-17(18)25-10-8-24(9-11-25)16-7-6-14(20(21)26)19-15(16)12-22-13-23-19/h2-7,12-13H,8-11H2,1H3,(H2,21,26). The molecule has 27 heavy (non-hydrogen) atoms. The van der Waals surface area contributed by atoms with E-state index < -0.39 is 5.91 Å². The number of ether oxygens (including phenoxy) is 1. The van der Waals surface area contributed by atoms with Gasteiger partial charge in [-0.3, -0.25) is 4.79 Å². The Kier molecular flexibility index (Phi) is 4.50. The molecule has 0 spiro atoms. The minimum Gasteiger partial charge on any atom is -0.495 e. The lowest BCUT2D eigenvalue weighted by atomic mass is 10.1. The Morgan fingerprint density at radius 3 is 2.44 bits per heavy atom. The zero-order chi connectivity index (χ0) is 18.8. The number of para-hydroxylation sites is 2. The van der Waals surface area contributed by atoms with E-state index in [2.05, 4.69) is 25.8 Å². The van der Waals surface area contributed by atoms with Crippen LogP contribution in [0.15, 0.2) is 48.9 Å². The summed E-state index contributed by atoms with van der Waals surface area (Å²) < 4.78 is 5.49. The minimum absolute atomic E-state index is 0.420. The van der Waals surface area contributed by atoms with E-state index in [0.29, 0.717) is 11.1 Å². The van der Waals surface area contributed by atoms with Gasteiger partial charge < -0.3 is 20.3 Å². The number of benzene rings is 2. The Balaban J connectivity index is 1.60. The summed E-state index contributed by atoms with van der Waals surface area (Å²) >= 11 is 0. The first kappa shape index (κ1) is 17.1. The minimum atomic E-state index is -0.480. The average Bonchev–Trinajstić information content (AvgIpc) is 2.73. The van der Waals surface area contributed by atoms with Crippen LogP contribution in [0.25, 0.3) is 10.9 Å². The molecule has 138 valence electrons. The smallest absolute Gasteiger partial charge is 0.250 e. The Hall–Kier alpha value is -3.35. The van der Waals surface area contributed by atoms with Gasteiger partial charge in [-0.15, -0.1) is 0 Å². The maximum atomic E-state index is 11.7. The number of fused-ring (bicyclic) bond motifs is 1. The normalized spacial score (nSPS) is 14.4. The number of hydrogen-bond donors (Lipinski definition) is 1. The van der Waals surface area contributed by atoms with Crippen LogP contribution in [0.2, 0.25) is 0 Å². The number of carbonyl (C=O) groups excluding carboxylic acids is 1. The molecule has 1 saturated heterocycles. The number of hydrogen-bond acceptors (Lipinski definition) is 6. The summed E-state index contributed by atoms with van der Waals surface area (Å²) in [5.74, 6) is 0.404. The Morgan fingerprint density at radius 2 is 1.74 bits per heavy atom. The summed E-state index contributed by atoms with van der Waals surface area (Å²) in [4.78, 5) is 24.7. The quantitative estimate of drug-likeness (QED) is 0.764. The van der Waals surface area contributed by atoms with Crippen molar-refractivity contribution in [3.63, 3.8) is 0 Å². The number of primary amides is 1. The van der Waals surface area contributed by atoms with Gasteiger partial charge in [-0.1, -0.05) is 12.1 Å². The van der Waals surface area contributed by atoms with Crippen molar-refractivity contribution in [1.82, 2.24) is 9.97 Å². The summed E-state index contributed by atoms with van der Waals surface area (Å²) in [7, 11) is 1.70. The summed E-state index contributed by atoms with van der Waals surface area (Å²) in [5.41, 5.74) is 8.64. The highest BCUT2D eigenvalue weighted by Gasteiger charge is 2.22. The molecule has 7 heteroatoms. The third-order valence-electron chi connectivity index (χ3n) is 4.96. The van der Waals surface area contributed by atoms with Gasteiger partial charge in [0.15, 0.2) is 0 Å². The number of methoxy groups -OCH3 is 1. The first-order valence-corrected chi connectivity index (χ1v) is 8.84. The third kappa shape index (κ3) is 3.12. The molecule has 0 radical (unpaired) electrons. The van der Waals surface area contributed by atoms with Crippen LogP contribution >= 0.6 is 0 Å². The number of rotatable bonds is 4. The van der Waals surface area contributed by atoms with Crippen molar-refractivity contribution in [3.8, 4) is 5.75 Å². The largest absolute Gasteiger partial charge is 0.495 e. The van der Waals surface area contributed by atoms with Crippen molar-refractivity contribution >= 4 is 28.2 Å². The maximum Gasteiger partial charge on any atom is 0.250 e. The molecule has 3 aromatic rings. The molecule has 1 fully saturated rings.